The summed E-state index contributed by atoms with van der Waals surface area (Å²) in [5.41, 5.74) is 2.65. The van der Waals surface area contributed by atoms with Crippen LogP contribution in [0.2, 0.25) is 0 Å². The smallest absolute Gasteiger partial charge is 0.284 e. The maximum Gasteiger partial charge on any atom is 0.284 e. The summed E-state index contributed by atoms with van der Waals surface area (Å²) in [4.78, 5) is 24.3. The van der Waals surface area contributed by atoms with Gasteiger partial charge in [-0.1, -0.05) is 30.3 Å². The highest BCUT2D eigenvalue weighted by atomic mass is 32.1. The predicted octanol–water partition coefficient (Wildman–Crippen LogP) is 2.12. The van der Waals surface area contributed by atoms with E-state index in [1.165, 1.54) is 11.3 Å². The Bertz CT molecular complexity index is 610. The van der Waals surface area contributed by atoms with Gasteiger partial charge in [-0.3, -0.25) is 14.8 Å². The molecule has 0 saturated carbocycles. The second-order valence-corrected chi connectivity index (χ2v) is 5.64. The van der Waals surface area contributed by atoms with Crippen LogP contribution in [0, 0.1) is 0 Å². The first-order valence-electron chi connectivity index (χ1n) is 6.53. The molecule has 0 aliphatic heterocycles. The number of hydrogen-bond donors (Lipinski definition) is 3. The SMILES string of the molecule is O=C(CCc1ccc(C(=O)NO)s1)NCc1ccccc1. The monoisotopic (exact) mass is 304 g/mol. The molecule has 0 bridgehead atoms. The van der Waals surface area contributed by atoms with E-state index in [-0.39, 0.29) is 5.91 Å². The third kappa shape index (κ3) is 4.70. The zero-order chi connectivity index (χ0) is 15.1. The van der Waals surface area contributed by atoms with Gasteiger partial charge in [0, 0.05) is 17.8 Å². The molecule has 2 amide bonds. The highest BCUT2D eigenvalue weighted by Crippen LogP contribution is 2.17. The Hall–Kier alpha value is -2.18. The Balaban J connectivity index is 1.76. The van der Waals surface area contributed by atoms with Crippen molar-refractivity contribution in [2.75, 3.05) is 0 Å². The normalized spacial score (nSPS) is 10.1. The quantitative estimate of drug-likeness (QED) is 0.565. The number of amides is 2. The van der Waals surface area contributed by atoms with E-state index in [1.807, 2.05) is 30.3 Å². The molecular weight excluding hydrogens is 288 g/mol. The molecule has 0 fully saturated rings. The molecule has 0 unspecified atom stereocenters. The van der Waals surface area contributed by atoms with Gasteiger partial charge in [0.05, 0.1) is 4.88 Å². The van der Waals surface area contributed by atoms with Crippen LogP contribution >= 0.6 is 11.3 Å². The number of benzene rings is 1. The van der Waals surface area contributed by atoms with E-state index in [1.54, 1.807) is 17.6 Å². The second-order valence-electron chi connectivity index (χ2n) is 4.47. The summed E-state index contributed by atoms with van der Waals surface area (Å²) in [6, 6.07) is 13.1. The van der Waals surface area contributed by atoms with E-state index in [0.717, 1.165) is 10.4 Å². The molecule has 0 radical (unpaired) electrons. The van der Waals surface area contributed by atoms with Gasteiger partial charge in [0.2, 0.25) is 5.91 Å². The Morgan fingerprint density at radius 1 is 1.10 bits per heavy atom. The average Bonchev–Trinajstić information content (AvgIpc) is 3.00. The highest BCUT2D eigenvalue weighted by Gasteiger charge is 2.09. The van der Waals surface area contributed by atoms with Crippen molar-refractivity contribution in [2.45, 2.75) is 19.4 Å². The predicted molar refractivity (Wildman–Crippen MR) is 80.2 cm³/mol. The Labute approximate surface area is 126 Å². The fourth-order valence-corrected chi connectivity index (χ4v) is 2.71. The Morgan fingerprint density at radius 2 is 1.86 bits per heavy atom. The van der Waals surface area contributed by atoms with Gasteiger partial charge in [-0.2, -0.15) is 0 Å². The molecule has 0 aliphatic rings. The minimum atomic E-state index is -0.528. The van der Waals surface area contributed by atoms with Gasteiger partial charge in [0.1, 0.15) is 0 Å². The number of carbonyl (C=O) groups is 2. The van der Waals surface area contributed by atoms with Crippen LogP contribution in [0.3, 0.4) is 0 Å². The van der Waals surface area contributed by atoms with E-state index in [4.69, 9.17) is 5.21 Å². The molecule has 110 valence electrons. The van der Waals surface area contributed by atoms with Gasteiger partial charge in [-0.05, 0) is 24.1 Å². The van der Waals surface area contributed by atoms with Crippen LogP contribution in [0.15, 0.2) is 42.5 Å². The molecule has 0 spiro atoms. The number of thiophene rings is 1. The summed E-state index contributed by atoms with van der Waals surface area (Å²) in [6.07, 6.45) is 0.942. The van der Waals surface area contributed by atoms with E-state index in [9.17, 15) is 9.59 Å². The van der Waals surface area contributed by atoms with Crippen LogP contribution in [0.25, 0.3) is 0 Å². The number of hydroxylamine groups is 1. The van der Waals surface area contributed by atoms with Gasteiger partial charge in [0.25, 0.3) is 5.91 Å². The van der Waals surface area contributed by atoms with Gasteiger partial charge in [-0.15, -0.1) is 11.3 Å². The lowest BCUT2D eigenvalue weighted by Gasteiger charge is -2.04. The van der Waals surface area contributed by atoms with Crippen LogP contribution in [-0.4, -0.2) is 17.0 Å². The summed E-state index contributed by atoms with van der Waals surface area (Å²) < 4.78 is 0. The van der Waals surface area contributed by atoms with Crippen molar-refractivity contribution in [3.8, 4) is 0 Å². The van der Waals surface area contributed by atoms with Crippen LogP contribution in [-0.2, 0) is 17.8 Å². The van der Waals surface area contributed by atoms with Gasteiger partial charge < -0.3 is 5.32 Å². The highest BCUT2D eigenvalue weighted by molar-refractivity contribution is 7.14. The van der Waals surface area contributed by atoms with Crippen molar-refractivity contribution in [3.63, 3.8) is 0 Å². The van der Waals surface area contributed by atoms with Gasteiger partial charge in [0.15, 0.2) is 0 Å². The zero-order valence-electron chi connectivity index (χ0n) is 11.3. The number of carbonyl (C=O) groups excluding carboxylic acids is 2. The first-order valence-corrected chi connectivity index (χ1v) is 7.34. The summed E-state index contributed by atoms with van der Waals surface area (Å²) in [5, 5.41) is 11.4. The topological polar surface area (TPSA) is 78.4 Å². The fourth-order valence-electron chi connectivity index (χ4n) is 1.81. The molecule has 5 nitrogen and oxygen atoms in total. The molecule has 21 heavy (non-hydrogen) atoms. The maximum absolute atomic E-state index is 11.8. The van der Waals surface area contributed by atoms with Crippen molar-refractivity contribution in [1.29, 1.82) is 0 Å². The van der Waals surface area contributed by atoms with Crippen LogP contribution in [0.5, 0.6) is 0 Å². The molecule has 2 rings (SSSR count). The van der Waals surface area contributed by atoms with E-state index in [0.29, 0.717) is 24.3 Å². The molecule has 1 heterocycles. The standard InChI is InChI=1S/C15H16N2O3S/c18-14(16-10-11-4-2-1-3-5-11)9-7-12-6-8-13(21-12)15(19)17-20/h1-6,8,20H,7,9-10H2,(H,16,18)(H,17,19). The van der Waals surface area contributed by atoms with Gasteiger partial charge >= 0.3 is 0 Å². The molecular formula is C15H16N2O3S. The first-order chi connectivity index (χ1) is 10.2. The second kappa shape index (κ2) is 7.56. The summed E-state index contributed by atoms with van der Waals surface area (Å²) in [6.45, 7) is 0.516. The molecule has 6 heteroatoms. The largest absolute Gasteiger partial charge is 0.352 e. The Morgan fingerprint density at radius 3 is 2.57 bits per heavy atom. The van der Waals surface area contributed by atoms with Crippen molar-refractivity contribution in [1.82, 2.24) is 10.8 Å². The minimum absolute atomic E-state index is 0.0274. The van der Waals surface area contributed by atoms with E-state index < -0.39 is 5.91 Å². The van der Waals surface area contributed by atoms with Crippen LogP contribution in [0.4, 0.5) is 0 Å². The molecule has 1 aromatic carbocycles. The van der Waals surface area contributed by atoms with Crippen molar-refractivity contribution >= 4 is 23.2 Å². The van der Waals surface area contributed by atoms with E-state index >= 15 is 0 Å². The summed E-state index contributed by atoms with van der Waals surface area (Å²) >= 11 is 1.27. The minimum Gasteiger partial charge on any atom is -0.352 e. The number of aryl methyl sites for hydroxylation is 1. The number of nitrogens with one attached hydrogen (secondary N) is 2. The summed E-state index contributed by atoms with van der Waals surface area (Å²) in [5.74, 6) is -0.555. The lowest BCUT2D eigenvalue weighted by atomic mass is 10.2. The number of hydrogen-bond acceptors (Lipinski definition) is 4. The molecule has 0 saturated heterocycles. The molecule has 0 aliphatic carbocycles. The first kappa shape index (κ1) is 15.2. The summed E-state index contributed by atoms with van der Waals surface area (Å²) in [7, 11) is 0. The van der Waals surface area contributed by atoms with Crippen LogP contribution < -0.4 is 10.8 Å². The van der Waals surface area contributed by atoms with Crippen LogP contribution in [0.1, 0.15) is 26.5 Å². The zero-order valence-corrected chi connectivity index (χ0v) is 12.2. The van der Waals surface area contributed by atoms with Gasteiger partial charge in [-0.25, -0.2) is 5.48 Å². The third-order valence-corrected chi connectivity index (χ3v) is 4.06. The molecule has 3 N–H and O–H groups in total. The third-order valence-electron chi connectivity index (χ3n) is 2.92. The van der Waals surface area contributed by atoms with Crippen molar-refractivity contribution in [2.24, 2.45) is 0 Å². The lowest BCUT2D eigenvalue weighted by molar-refractivity contribution is -0.121. The lowest BCUT2D eigenvalue weighted by Crippen LogP contribution is -2.22. The Kier molecular flexibility index (Phi) is 5.48. The van der Waals surface area contributed by atoms with Crippen molar-refractivity contribution < 1.29 is 14.8 Å². The maximum atomic E-state index is 11.8. The average molecular weight is 304 g/mol. The van der Waals surface area contributed by atoms with E-state index in [2.05, 4.69) is 5.32 Å². The number of rotatable bonds is 6. The molecule has 2 aromatic rings. The van der Waals surface area contributed by atoms with Crippen molar-refractivity contribution in [3.05, 3.63) is 57.8 Å². The fraction of sp³-hybridized carbons (Fsp3) is 0.200. The molecule has 0 atom stereocenters. The molecule has 1 aromatic heterocycles.